The minimum absolute atomic E-state index is 0.0899. The summed E-state index contributed by atoms with van der Waals surface area (Å²) < 4.78 is 22.1. The summed E-state index contributed by atoms with van der Waals surface area (Å²) in [6.07, 6.45) is -2.17. The van der Waals surface area contributed by atoms with E-state index < -0.39 is 46.8 Å². The van der Waals surface area contributed by atoms with Crippen molar-refractivity contribution in [3.05, 3.63) is 46.2 Å². The maximum Gasteiger partial charge on any atom is 0.419 e. The maximum absolute atomic E-state index is 13.0. The molecule has 0 aromatic carbocycles. The Morgan fingerprint density at radius 1 is 0.510 bits per heavy atom. The average Bonchev–Trinajstić information content (AvgIpc) is 3.65. The van der Waals surface area contributed by atoms with Gasteiger partial charge in [0.1, 0.15) is 22.4 Å². The molecule has 4 amide bonds. The van der Waals surface area contributed by atoms with Crippen molar-refractivity contribution in [2.45, 2.75) is 118 Å². The first-order chi connectivity index (χ1) is 22.4. The van der Waals surface area contributed by atoms with E-state index >= 15 is 0 Å². The van der Waals surface area contributed by atoms with Crippen LogP contribution in [0.1, 0.15) is 94.2 Å². The lowest BCUT2D eigenvalue weighted by atomic mass is 10.1. The summed E-state index contributed by atoms with van der Waals surface area (Å²) in [5, 5.41) is 3.99. The molecule has 3 heterocycles. The molecule has 0 bridgehead atoms. The van der Waals surface area contributed by atoms with E-state index in [-0.39, 0.29) is 13.1 Å². The summed E-state index contributed by atoms with van der Waals surface area (Å²) in [6.45, 7) is 21.2. The molecule has 10 nitrogen and oxygen atoms in total. The molecule has 0 saturated heterocycles. The van der Waals surface area contributed by atoms with Crippen LogP contribution >= 0.6 is 34.0 Å². The zero-order chi connectivity index (χ0) is 36.9. The lowest BCUT2D eigenvalue weighted by Crippen LogP contribution is -2.44. The van der Waals surface area contributed by atoms with Crippen LogP contribution in [0.4, 0.5) is 19.2 Å². The highest BCUT2D eigenvalue weighted by atomic mass is 32.1. The number of ether oxygens (including phenoxy) is 4. The minimum atomic E-state index is -0.775. The molecule has 0 unspecified atom stereocenters. The monoisotopic (exact) mass is 734 g/mol. The summed E-state index contributed by atoms with van der Waals surface area (Å²) >= 11 is 4.81. The fourth-order valence-electron chi connectivity index (χ4n) is 4.33. The highest BCUT2D eigenvalue weighted by molar-refractivity contribution is 7.26. The minimum Gasteiger partial charge on any atom is -0.443 e. The van der Waals surface area contributed by atoms with Gasteiger partial charge in [0.15, 0.2) is 0 Å². The molecular weight excluding hydrogens is 685 g/mol. The van der Waals surface area contributed by atoms with Crippen LogP contribution in [0.25, 0.3) is 19.5 Å². The van der Waals surface area contributed by atoms with Crippen molar-refractivity contribution in [1.82, 2.24) is 9.80 Å². The van der Waals surface area contributed by atoms with Crippen molar-refractivity contribution in [1.29, 1.82) is 0 Å². The van der Waals surface area contributed by atoms with Crippen LogP contribution in [0.15, 0.2) is 35.0 Å². The molecule has 0 atom stereocenters. The normalized spacial score (nSPS) is 12.3. The third kappa shape index (κ3) is 12.8. The molecular formula is C36H50N2O8S3. The Morgan fingerprint density at radius 2 is 0.796 bits per heavy atom. The number of hydrogen-bond acceptors (Lipinski definition) is 11. The fraction of sp³-hybridized carbons (Fsp3) is 0.556. The molecule has 3 aromatic rings. The Balaban J connectivity index is 1.80. The van der Waals surface area contributed by atoms with Crippen LogP contribution in [-0.2, 0) is 31.8 Å². The molecule has 270 valence electrons. The second-order valence-corrected chi connectivity index (χ2v) is 18.4. The van der Waals surface area contributed by atoms with E-state index in [0.717, 1.165) is 40.4 Å². The molecule has 13 heteroatoms. The molecule has 49 heavy (non-hydrogen) atoms. The molecule has 0 aliphatic rings. The summed E-state index contributed by atoms with van der Waals surface area (Å²) in [7, 11) is 0. The lowest BCUT2D eigenvalue weighted by molar-refractivity contribution is -0.000448. The topological polar surface area (TPSA) is 112 Å². The number of imide groups is 2. The van der Waals surface area contributed by atoms with E-state index in [4.69, 9.17) is 18.9 Å². The van der Waals surface area contributed by atoms with Gasteiger partial charge in [-0.3, -0.25) is 0 Å². The Hall–Kier alpha value is -3.42. The van der Waals surface area contributed by atoms with Crippen LogP contribution in [-0.4, -0.2) is 69.7 Å². The molecule has 0 fully saturated rings. The largest absolute Gasteiger partial charge is 0.443 e. The molecule has 0 aliphatic heterocycles. The molecule has 3 rings (SSSR count). The van der Waals surface area contributed by atoms with E-state index in [1.807, 2.05) is 22.9 Å². The third-order valence-corrected chi connectivity index (χ3v) is 9.57. The predicted molar refractivity (Wildman–Crippen MR) is 197 cm³/mol. The van der Waals surface area contributed by atoms with E-state index in [0.29, 0.717) is 12.8 Å². The van der Waals surface area contributed by atoms with Crippen molar-refractivity contribution < 1.29 is 38.1 Å². The van der Waals surface area contributed by atoms with Crippen LogP contribution < -0.4 is 0 Å². The second-order valence-electron chi connectivity index (χ2n) is 15.4. The van der Waals surface area contributed by atoms with Crippen molar-refractivity contribution in [3.8, 4) is 19.5 Å². The van der Waals surface area contributed by atoms with Gasteiger partial charge in [-0.05, 0) is 142 Å². The van der Waals surface area contributed by atoms with Gasteiger partial charge in [-0.15, -0.1) is 34.0 Å². The van der Waals surface area contributed by atoms with E-state index in [1.54, 1.807) is 117 Å². The molecule has 3 aromatic heterocycles. The first-order valence-corrected chi connectivity index (χ1v) is 18.7. The number of hydrogen-bond donors (Lipinski definition) is 0. The number of carbonyl (C=O) groups excluding carboxylic acids is 4. The van der Waals surface area contributed by atoms with Crippen LogP contribution in [0.2, 0.25) is 0 Å². The standard InChI is InChI=1S/C36H50N2O8S3/c1-33(2,3)43-29(39)37(30(40)44-34(4,5)6)19-15-23-17-21-47-27(23)25-13-14-26(49-25)28-24(18-22-48-28)16-20-38(31(41)45-35(7,8)9)32(42)46-36(10,11)12/h13-14,17-18,21-22H,15-16,19-20H2,1-12H3. The summed E-state index contributed by atoms with van der Waals surface area (Å²) in [6, 6.07) is 8.12. The summed E-state index contributed by atoms with van der Waals surface area (Å²) in [4.78, 5) is 58.3. The Labute approximate surface area is 302 Å². The number of carbonyl (C=O) groups is 4. The van der Waals surface area contributed by atoms with Crippen LogP contribution in [0, 0.1) is 0 Å². The number of amides is 4. The Kier molecular flexibility index (Phi) is 12.8. The molecule has 0 radical (unpaired) electrons. The molecule has 0 N–H and O–H groups in total. The zero-order valence-electron chi connectivity index (χ0n) is 30.7. The average molecular weight is 735 g/mol. The van der Waals surface area contributed by atoms with Crippen molar-refractivity contribution >= 4 is 58.4 Å². The highest BCUT2D eigenvalue weighted by Gasteiger charge is 2.33. The molecule has 0 spiro atoms. The van der Waals surface area contributed by atoms with Crippen molar-refractivity contribution in [2.24, 2.45) is 0 Å². The second kappa shape index (κ2) is 15.6. The van der Waals surface area contributed by atoms with Gasteiger partial charge in [-0.1, -0.05) is 0 Å². The van der Waals surface area contributed by atoms with E-state index in [9.17, 15) is 19.2 Å². The maximum atomic E-state index is 13.0. The third-order valence-electron chi connectivity index (χ3n) is 6.21. The molecule has 0 saturated carbocycles. The quantitative estimate of drug-likeness (QED) is 0.210. The smallest absolute Gasteiger partial charge is 0.419 e. The number of rotatable bonds is 8. The first-order valence-electron chi connectivity index (χ1n) is 16.1. The predicted octanol–water partition coefficient (Wildman–Crippen LogP) is 10.6. The zero-order valence-corrected chi connectivity index (χ0v) is 33.1. The first kappa shape index (κ1) is 40.0. The lowest BCUT2D eigenvalue weighted by Gasteiger charge is -2.28. The Bertz CT molecular complexity index is 1440. The number of nitrogens with zero attached hydrogens (tertiary/aromatic N) is 2. The van der Waals surface area contributed by atoms with E-state index in [2.05, 4.69) is 12.1 Å². The van der Waals surface area contributed by atoms with Gasteiger partial charge in [0.2, 0.25) is 0 Å². The summed E-state index contributed by atoms with van der Waals surface area (Å²) in [5.41, 5.74) is -1.11. The fourth-order valence-corrected chi connectivity index (χ4v) is 7.57. The van der Waals surface area contributed by atoms with Crippen LogP contribution in [0.5, 0.6) is 0 Å². The highest BCUT2D eigenvalue weighted by Crippen LogP contribution is 2.42. The van der Waals surface area contributed by atoms with Crippen LogP contribution in [0.3, 0.4) is 0 Å². The van der Waals surface area contributed by atoms with E-state index in [1.165, 1.54) is 0 Å². The van der Waals surface area contributed by atoms with Gasteiger partial charge in [0.25, 0.3) is 0 Å². The molecule has 0 aliphatic carbocycles. The van der Waals surface area contributed by atoms with Crippen molar-refractivity contribution in [2.75, 3.05) is 13.1 Å². The van der Waals surface area contributed by atoms with Crippen molar-refractivity contribution in [3.63, 3.8) is 0 Å². The SMILES string of the molecule is CC(C)(C)OC(=O)N(CCc1ccsc1-c1ccc(-c2sccc2CCN(C(=O)OC(C)(C)C)C(=O)OC(C)(C)C)s1)C(=O)OC(C)(C)C. The van der Waals surface area contributed by atoms with Gasteiger partial charge in [-0.2, -0.15) is 0 Å². The van der Waals surface area contributed by atoms with Gasteiger partial charge in [0.05, 0.1) is 0 Å². The Morgan fingerprint density at radius 3 is 1.06 bits per heavy atom. The number of thiophene rings is 3. The summed E-state index contributed by atoms with van der Waals surface area (Å²) in [5.74, 6) is 0. The van der Waals surface area contributed by atoms with Gasteiger partial charge in [-0.25, -0.2) is 29.0 Å². The van der Waals surface area contributed by atoms with Gasteiger partial charge < -0.3 is 18.9 Å². The van der Waals surface area contributed by atoms with Gasteiger partial charge >= 0.3 is 24.4 Å². The van der Waals surface area contributed by atoms with Gasteiger partial charge in [0, 0.05) is 32.6 Å².